The van der Waals surface area contributed by atoms with Crippen LogP contribution < -0.4 is 9.64 Å². The van der Waals surface area contributed by atoms with Gasteiger partial charge in [-0.3, -0.25) is 4.90 Å². The lowest BCUT2D eigenvalue weighted by atomic mass is 10.2. The third kappa shape index (κ3) is 5.04. The number of anilines is 1. The number of halogens is 3. The summed E-state index contributed by atoms with van der Waals surface area (Å²) < 4.78 is 43.7. The molecule has 0 aliphatic heterocycles. The normalized spacial score (nSPS) is 12.6. The van der Waals surface area contributed by atoms with Gasteiger partial charge in [0.2, 0.25) is 5.13 Å². The number of hydrogen-bond acceptors (Lipinski definition) is 6. The van der Waals surface area contributed by atoms with Crippen LogP contribution in [0.4, 0.5) is 23.1 Å². The number of rotatable bonds is 5. The van der Waals surface area contributed by atoms with Crippen molar-refractivity contribution in [3.63, 3.8) is 0 Å². The van der Waals surface area contributed by atoms with Gasteiger partial charge in [-0.2, -0.15) is 13.2 Å². The Bertz CT molecular complexity index is 766. The first-order valence-electron chi connectivity index (χ1n) is 7.56. The lowest BCUT2D eigenvalue weighted by molar-refractivity contribution is -0.141. The minimum absolute atomic E-state index is 0.172. The number of alkyl halides is 3. The van der Waals surface area contributed by atoms with E-state index in [0.29, 0.717) is 5.13 Å². The van der Waals surface area contributed by atoms with Crippen LogP contribution in [0.15, 0.2) is 18.2 Å². The largest absolute Gasteiger partial charge is 0.465 e. The highest BCUT2D eigenvalue weighted by Crippen LogP contribution is 2.28. The fourth-order valence-electron chi connectivity index (χ4n) is 2.03. The first kappa shape index (κ1) is 19.9. The quantitative estimate of drug-likeness (QED) is 0.786. The third-order valence-electron chi connectivity index (χ3n) is 3.25. The Morgan fingerprint density at radius 2 is 1.96 bits per heavy atom. The maximum absolute atomic E-state index is 12.7. The van der Waals surface area contributed by atoms with Crippen LogP contribution in [0.3, 0.4) is 0 Å². The van der Waals surface area contributed by atoms with E-state index in [1.54, 1.807) is 28.1 Å². The standard InChI is InChI=1S/C15H18F3N5O2S/c1-9(8-10-6-5-7-11(19-10)15(16,17)18)25-13-21-20-12(26-13)23(4)14(24)22(2)3/h5-7,9H,8H2,1-4H3. The van der Waals surface area contributed by atoms with Crippen LogP contribution in [0, 0.1) is 0 Å². The van der Waals surface area contributed by atoms with E-state index in [-0.39, 0.29) is 23.3 Å². The summed E-state index contributed by atoms with van der Waals surface area (Å²) in [6, 6.07) is 3.46. The van der Waals surface area contributed by atoms with Crippen LogP contribution in [-0.2, 0) is 12.6 Å². The van der Waals surface area contributed by atoms with Crippen molar-refractivity contribution in [1.29, 1.82) is 0 Å². The maximum atomic E-state index is 12.7. The summed E-state index contributed by atoms with van der Waals surface area (Å²) >= 11 is 1.07. The topological polar surface area (TPSA) is 71.5 Å². The number of carbonyl (C=O) groups excluding carboxylic acids is 1. The van der Waals surface area contributed by atoms with Crippen molar-refractivity contribution in [1.82, 2.24) is 20.1 Å². The molecule has 11 heteroatoms. The van der Waals surface area contributed by atoms with E-state index in [4.69, 9.17) is 4.74 Å². The number of urea groups is 1. The summed E-state index contributed by atoms with van der Waals surface area (Å²) in [5, 5.41) is 8.30. The molecule has 2 aromatic rings. The van der Waals surface area contributed by atoms with Crippen molar-refractivity contribution in [2.24, 2.45) is 0 Å². The predicted octanol–water partition coefficient (Wildman–Crippen LogP) is 3.08. The molecule has 26 heavy (non-hydrogen) atoms. The van der Waals surface area contributed by atoms with Crippen LogP contribution in [-0.4, -0.2) is 53.4 Å². The molecule has 0 fully saturated rings. The van der Waals surface area contributed by atoms with Gasteiger partial charge in [0.25, 0.3) is 5.19 Å². The zero-order valence-corrected chi connectivity index (χ0v) is 15.4. The molecular weight excluding hydrogens is 371 g/mol. The summed E-state index contributed by atoms with van der Waals surface area (Å²) in [6.45, 7) is 1.69. The molecule has 0 saturated heterocycles. The van der Waals surface area contributed by atoms with Gasteiger partial charge >= 0.3 is 12.2 Å². The zero-order chi connectivity index (χ0) is 19.5. The van der Waals surface area contributed by atoms with Gasteiger partial charge in [0.05, 0.1) is 0 Å². The molecule has 0 spiro atoms. The van der Waals surface area contributed by atoms with Crippen molar-refractivity contribution in [2.45, 2.75) is 25.6 Å². The smallest absolute Gasteiger partial charge is 0.433 e. The number of aromatic nitrogens is 3. The number of carbonyl (C=O) groups is 1. The Labute approximate surface area is 152 Å². The Morgan fingerprint density at radius 3 is 2.58 bits per heavy atom. The van der Waals surface area contributed by atoms with E-state index in [2.05, 4.69) is 15.2 Å². The zero-order valence-electron chi connectivity index (χ0n) is 14.6. The molecule has 0 aromatic carbocycles. The van der Waals surface area contributed by atoms with Gasteiger partial charge in [0.15, 0.2) is 0 Å². The molecule has 0 N–H and O–H groups in total. The molecule has 2 rings (SSSR count). The number of pyridine rings is 1. The van der Waals surface area contributed by atoms with Crippen LogP contribution in [0.25, 0.3) is 0 Å². The van der Waals surface area contributed by atoms with E-state index in [1.807, 2.05) is 0 Å². The van der Waals surface area contributed by atoms with E-state index in [9.17, 15) is 18.0 Å². The molecule has 2 heterocycles. The Morgan fingerprint density at radius 1 is 1.27 bits per heavy atom. The fraction of sp³-hybridized carbons (Fsp3) is 0.467. The van der Waals surface area contributed by atoms with Crippen LogP contribution in [0.2, 0.25) is 0 Å². The molecule has 2 aromatic heterocycles. The Balaban J connectivity index is 2.01. The van der Waals surface area contributed by atoms with Gasteiger partial charge in [0, 0.05) is 33.3 Å². The van der Waals surface area contributed by atoms with Crippen molar-refractivity contribution >= 4 is 22.5 Å². The van der Waals surface area contributed by atoms with Gasteiger partial charge in [-0.15, -0.1) is 5.10 Å². The first-order chi connectivity index (χ1) is 12.1. The molecule has 7 nitrogen and oxygen atoms in total. The molecule has 0 aliphatic carbocycles. The van der Waals surface area contributed by atoms with Crippen molar-refractivity contribution in [3.8, 4) is 5.19 Å². The van der Waals surface area contributed by atoms with Gasteiger partial charge in [0.1, 0.15) is 11.8 Å². The summed E-state index contributed by atoms with van der Waals surface area (Å²) in [7, 11) is 4.78. The van der Waals surface area contributed by atoms with E-state index in [1.165, 1.54) is 21.9 Å². The van der Waals surface area contributed by atoms with E-state index >= 15 is 0 Å². The molecular formula is C15H18F3N5O2S. The summed E-state index contributed by atoms with van der Waals surface area (Å²) in [5.74, 6) is 0. The molecule has 1 atom stereocenters. The Hall–Kier alpha value is -2.43. The Kier molecular flexibility index (Phi) is 6.01. The highest BCUT2D eigenvalue weighted by Gasteiger charge is 2.32. The second kappa shape index (κ2) is 7.85. The molecule has 0 bridgehead atoms. The van der Waals surface area contributed by atoms with E-state index in [0.717, 1.165) is 17.4 Å². The second-order valence-electron chi connectivity index (χ2n) is 5.73. The lowest BCUT2D eigenvalue weighted by Crippen LogP contribution is -2.36. The van der Waals surface area contributed by atoms with Gasteiger partial charge < -0.3 is 9.64 Å². The molecule has 2 amide bonds. The van der Waals surface area contributed by atoms with Crippen LogP contribution in [0.1, 0.15) is 18.3 Å². The van der Waals surface area contributed by atoms with Crippen molar-refractivity contribution in [2.75, 3.05) is 26.0 Å². The molecule has 1 unspecified atom stereocenters. The molecule has 0 aliphatic rings. The van der Waals surface area contributed by atoms with Gasteiger partial charge in [-0.1, -0.05) is 11.2 Å². The number of nitrogens with zero attached hydrogens (tertiary/aromatic N) is 5. The van der Waals surface area contributed by atoms with Crippen molar-refractivity contribution < 1.29 is 22.7 Å². The molecule has 0 radical (unpaired) electrons. The summed E-state index contributed by atoms with van der Waals surface area (Å²) in [6.07, 6.45) is -4.79. The SMILES string of the molecule is CC(Cc1cccc(C(F)(F)F)n1)Oc1nnc(N(C)C(=O)N(C)C)s1. The average molecular weight is 389 g/mol. The minimum atomic E-state index is -4.49. The molecule has 142 valence electrons. The van der Waals surface area contributed by atoms with Gasteiger partial charge in [-0.25, -0.2) is 9.78 Å². The van der Waals surface area contributed by atoms with Crippen LogP contribution >= 0.6 is 11.3 Å². The average Bonchev–Trinajstić information content (AvgIpc) is 3.01. The highest BCUT2D eigenvalue weighted by molar-refractivity contribution is 7.17. The second-order valence-corrected chi connectivity index (χ2v) is 6.65. The monoisotopic (exact) mass is 389 g/mol. The minimum Gasteiger partial charge on any atom is -0.465 e. The number of ether oxygens (including phenoxy) is 1. The lowest BCUT2D eigenvalue weighted by Gasteiger charge is -2.18. The summed E-state index contributed by atoms with van der Waals surface area (Å²) in [5.41, 5.74) is -0.679. The van der Waals surface area contributed by atoms with Gasteiger partial charge in [-0.05, 0) is 30.4 Å². The van der Waals surface area contributed by atoms with Crippen molar-refractivity contribution in [3.05, 3.63) is 29.6 Å². The third-order valence-corrected chi connectivity index (χ3v) is 4.14. The number of hydrogen-bond donors (Lipinski definition) is 0. The highest BCUT2D eigenvalue weighted by atomic mass is 32.1. The predicted molar refractivity (Wildman–Crippen MR) is 90.4 cm³/mol. The van der Waals surface area contributed by atoms with E-state index < -0.39 is 18.0 Å². The first-order valence-corrected chi connectivity index (χ1v) is 8.38. The summed E-state index contributed by atoms with van der Waals surface area (Å²) in [4.78, 5) is 18.2. The maximum Gasteiger partial charge on any atom is 0.433 e. The fourth-order valence-corrected chi connectivity index (χ4v) is 2.77. The molecule has 0 saturated carbocycles. The van der Waals surface area contributed by atoms with Crippen LogP contribution in [0.5, 0.6) is 5.19 Å². The number of amides is 2.